The van der Waals surface area contributed by atoms with Gasteiger partial charge in [0.15, 0.2) is 0 Å². The van der Waals surface area contributed by atoms with Gasteiger partial charge in [-0.1, -0.05) is 6.07 Å². The molecule has 0 radical (unpaired) electrons. The smallest absolute Gasteiger partial charge is 0.247 e. The Balaban J connectivity index is 2.36. The van der Waals surface area contributed by atoms with Crippen molar-refractivity contribution in [3.05, 3.63) is 29.3 Å². The van der Waals surface area contributed by atoms with Crippen LogP contribution in [0.5, 0.6) is 0 Å². The first-order valence-electron chi connectivity index (χ1n) is 6.61. The Labute approximate surface area is 114 Å². The van der Waals surface area contributed by atoms with Crippen molar-refractivity contribution >= 4 is 11.6 Å². The molecule has 0 unspecified atom stereocenters. The minimum Gasteiger partial charge on any atom is -0.392 e. The van der Waals surface area contributed by atoms with Crippen LogP contribution < -0.4 is 4.90 Å². The van der Waals surface area contributed by atoms with E-state index < -0.39 is 5.54 Å². The molecular formula is C15H22N2O2. The van der Waals surface area contributed by atoms with Crippen molar-refractivity contribution in [2.45, 2.75) is 32.9 Å². The molecule has 1 saturated heterocycles. The van der Waals surface area contributed by atoms with Crippen molar-refractivity contribution < 1.29 is 9.90 Å². The molecule has 19 heavy (non-hydrogen) atoms. The van der Waals surface area contributed by atoms with E-state index in [0.29, 0.717) is 0 Å². The Hall–Kier alpha value is -1.55. The minimum absolute atomic E-state index is 0.0528. The number of aryl methyl sites for hydroxylation is 1. The van der Waals surface area contributed by atoms with Crippen molar-refractivity contribution in [2.75, 3.05) is 25.0 Å². The summed E-state index contributed by atoms with van der Waals surface area (Å²) in [4.78, 5) is 16.2. The predicted octanol–water partition coefficient (Wildman–Crippen LogP) is 1.54. The molecule has 1 amide bonds. The van der Waals surface area contributed by atoms with Crippen LogP contribution in [0.4, 0.5) is 5.69 Å². The fourth-order valence-corrected chi connectivity index (χ4v) is 2.69. The minimum atomic E-state index is -0.528. The van der Waals surface area contributed by atoms with Gasteiger partial charge < -0.3 is 14.9 Å². The van der Waals surface area contributed by atoms with Gasteiger partial charge in [-0.05, 0) is 44.0 Å². The second-order valence-electron chi connectivity index (χ2n) is 5.71. The van der Waals surface area contributed by atoms with Gasteiger partial charge in [-0.3, -0.25) is 4.79 Å². The SMILES string of the molecule is Cc1cc(N2CCN(C)C(=O)C2(C)C)ccc1CO. The number of benzene rings is 1. The van der Waals surface area contributed by atoms with Gasteiger partial charge in [-0.25, -0.2) is 0 Å². The summed E-state index contributed by atoms with van der Waals surface area (Å²) in [5, 5.41) is 9.22. The topological polar surface area (TPSA) is 43.8 Å². The summed E-state index contributed by atoms with van der Waals surface area (Å²) in [6, 6.07) is 5.97. The molecule has 0 spiro atoms. The molecule has 4 heteroatoms. The van der Waals surface area contributed by atoms with E-state index >= 15 is 0 Å². The normalized spacial score (nSPS) is 18.9. The summed E-state index contributed by atoms with van der Waals surface area (Å²) in [6.45, 7) is 7.52. The van der Waals surface area contributed by atoms with Crippen LogP contribution >= 0.6 is 0 Å². The number of anilines is 1. The van der Waals surface area contributed by atoms with E-state index in [1.807, 2.05) is 46.0 Å². The highest BCUT2D eigenvalue weighted by Gasteiger charge is 2.40. The van der Waals surface area contributed by atoms with Crippen molar-refractivity contribution in [1.82, 2.24) is 4.90 Å². The van der Waals surface area contributed by atoms with E-state index in [0.717, 1.165) is 29.9 Å². The zero-order valence-corrected chi connectivity index (χ0v) is 12.1. The average molecular weight is 262 g/mol. The number of aliphatic hydroxyl groups excluding tert-OH is 1. The van der Waals surface area contributed by atoms with Gasteiger partial charge in [0.2, 0.25) is 5.91 Å². The number of amides is 1. The zero-order chi connectivity index (χ0) is 14.2. The number of hydrogen-bond donors (Lipinski definition) is 1. The first-order chi connectivity index (χ1) is 8.87. The maximum Gasteiger partial charge on any atom is 0.247 e. The van der Waals surface area contributed by atoms with Crippen LogP contribution in [0, 0.1) is 6.92 Å². The number of carbonyl (C=O) groups excluding carboxylic acids is 1. The summed E-state index contributed by atoms with van der Waals surface area (Å²) in [5.74, 6) is 0.141. The second kappa shape index (κ2) is 4.85. The third kappa shape index (κ3) is 2.32. The Morgan fingerprint density at radius 3 is 2.58 bits per heavy atom. The summed E-state index contributed by atoms with van der Waals surface area (Å²) in [6.07, 6.45) is 0. The standard InChI is InChI=1S/C15H22N2O2/c1-11-9-13(6-5-12(11)10-18)17-8-7-16(4)14(19)15(17,2)3/h5-6,9,18H,7-8,10H2,1-4H3. The Morgan fingerprint density at radius 2 is 2.00 bits per heavy atom. The molecule has 0 bridgehead atoms. The molecule has 104 valence electrons. The molecule has 1 aromatic carbocycles. The molecular weight excluding hydrogens is 240 g/mol. The van der Waals surface area contributed by atoms with Gasteiger partial charge in [0.1, 0.15) is 5.54 Å². The molecule has 1 aliphatic rings. The van der Waals surface area contributed by atoms with Gasteiger partial charge >= 0.3 is 0 Å². The van der Waals surface area contributed by atoms with E-state index in [4.69, 9.17) is 0 Å². The first-order valence-corrected chi connectivity index (χ1v) is 6.61. The van der Waals surface area contributed by atoms with Crippen LogP contribution in [-0.2, 0) is 11.4 Å². The van der Waals surface area contributed by atoms with Crippen LogP contribution in [0.25, 0.3) is 0 Å². The maximum absolute atomic E-state index is 12.3. The maximum atomic E-state index is 12.3. The number of carbonyl (C=O) groups is 1. The Bertz CT molecular complexity index is 497. The fraction of sp³-hybridized carbons (Fsp3) is 0.533. The molecule has 0 saturated carbocycles. The monoisotopic (exact) mass is 262 g/mol. The quantitative estimate of drug-likeness (QED) is 0.879. The number of hydrogen-bond acceptors (Lipinski definition) is 3. The highest BCUT2D eigenvalue weighted by atomic mass is 16.3. The summed E-state index contributed by atoms with van der Waals surface area (Å²) in [5.41, 5.74) is 2.51. The average Bonchev–Trinajstić information content (AvgIpc) is 2.36. The zero-order valence-electron chi connectivity index (χ0n) is 12.1. The second-order valence-corrected chi connectivity index (χ2v) is 5.71. The summed E-state index contributed by atoms with van der Waals surface area (Å²) < 4.78 is 0. The molecule has 0 aliphatic carbocycles. The molecule has 2 rings (SSSR count). The lowest BCUT2D eigenvalue weighted by Crippen LogP contribution is -2.62. The van der Waals surface area contributed by atoms with Crippen molar-refractivity contribution in [3.63, 3.8) is 0 Å². The molecule has 1 aromatic rings. The van der Waals surface area contributed by atoms with E-state index in [-0.39, 0.29) is 12.5 Å². The Kier molecular flexibility index (Phi) is 3.54. The van der Waals surface area contributed by atoms with Crippen LogP contribution in [0.2, 0.25) is 0 Å². The number of piperazine rings is 1. The van der Waals surface area contributed by atoms with E-state index in [1.54, 1.807) is 4.90 Å². The van der Waals surface area contributed by atoms with Gasteiger partial charge in [0, 0.05) is 25.8 Å². The summed E-state index contributed by atoms with van der Waals surface area (Å²) in [7, 11) is 1.85. The summed E-state index contributed by atoms with van der Waals surface area (Å²) >= 11 is 0. The highest BCUT2D eigenvalue weighted by molar-refractivity contribution is 5.90. The van der Waals surface area contributed by atoms with Crippen LogP contribution in [0.1, 0.15) is 25.0 Å². The van der Waals surface area contributed by atoms with Gasteiger partial charge in [0.25, 0.3) is 0 Å². The molecule has 1 aliphatic heterocycles. The van der Waals surface area contributed by atoms with Crippen LogP contribution in [0.15, 0.2) is 18.2 Å². The van der Waals surface area contributed by atoms with Crippen molar-refractivity contribution in [2.24, 2.45) is 0 Å². The van der Waals surface area contributed by atoms with E-state index in [2.05, 4.69) is 4.90 Å². The Morgan fingerprint density at radius 1 is 1.32 bits per heavy atom. The lowest BCUT2D eigenvalue weighted by Gasteiger charge is -2.46. The molecule has 1 N–H and O–H groups in total. The predicted molar refractivity (Wildman–Crippen MR) is 76.2 cm³/mol. The van der Waals surface area contributed by atoms with E-state index in [9.17, 15) is 9.90 Å². The molecule has 0 atom stereocenters. The van der Waals surface area contributed by atoms with Crippen molar-refractivity contribution in [3.8, 4) is 0 Å². The third-order valence-corrected chi connectivity index (χ3v) is 4.01. The first kappa shape index (κ1) is 13.9. The van der Waals surface area contributed by atoms with Crippen LogP contribution in [-0.4, -0.2) is 41.6 Å². The van der Waals surface area contributed by atoms with Crippen molar-refractivity contribution in [1.29, 1.82) is 0 Å². The van der Waals surface area contributed by atoms with Gasteiger partial charge in [-0.2, -0.15) is 0 Å². The van der Waals surface area contributed by atoms with Gasteiger partial charge in [-0.15, -0.1) is 0 Å². The number of nitrogens with zero attached hydrogens (tertiary/aromatic N) is 2. The number of aliphatic hydroxyl groups is 1. The molecule has 4 nitrogen and oxygen atoms in total. The fourth-order valence-electron chi connectivity index (χ4n) is 2.69. The van der Waals surface area contributed by atoms with Gasteiger partial charge in [0.05, 0.1) is 6.61 Å². The lowest BCUT2D eigenvalue weighted by molar-refractivity contribution is -0.136. The number of rotatable bonds is 2. The largest absolute Gasteiger partial charge is 0.392 e. The van der Waals surface area contributed by atoms with E-state index in [1.165, 1.54) is 0 Å². The molecule has 0 aromatic heterocycles. The van der Waals surface area contributed by atoms with Crippen LogP contribution in [0.3, 0.4) is 0 Å². The third-order valence-electron chi connectivity index (χ3n) is 4.01. The lowest BCUT2D eigenvalue weighted by atomic mass is 9.96. The number of likely N-dealkylation sites (N-methyl/N-ethyl adjacent to an activating group) is 1. The molecule has 1 heterocycles. The highest BCUT2D eigenvalue weighted by Crippen LogP contribution is 2.29. The molecule has 1 fully saturated rings.